The van der Waals surface area contributed by atoms with Gasteiger partial charge in [-0.1, -0.05) is 18.2 Å². The van der Waals surface area contributed by atoms with E-state index in [0.717, 1.165) is 23.4 Å². The summed E-state index contributed by atoms with van der Waals surface area (Å²) >= 11 is 4.27. The monoisotopic (exact) mass is 203 g/mol. The summed E-state index contributed by atoms with van der Waals surface area (Å²) in [6, 6.07) is 10.4. The van der Waals surface area contributed by atoms with Gasteiger partial charge in [0.2, 0.25) is 0 Å². The van der Waals surface area contributed by atoms with Crippen molar-refractivity contribution in [3.63, 3.8) is 0 Å². The third-order valence-electron chi connectivity index (χ3n) is 2.31. The van der Waals surface area contributed by atoms with Crippen molar-refractivity contribution < 1.29 is 0 Å². The van der Waals surface area contributed by atoms with Gasteiger partial charge in [-0.15, -0.1) is 0 Å². The zero-order valence-corrected chi connectivity index (χ0v) is 9.09. The van der Waals surface area contributed by atoms with Crippen LogP contribution in [0.3, 0.4) is 0 Å². The first kappa shape index (κ1) is 9.53. The largest absolute Gasteiger partial charge is 0.253 e. The van der Waals surface area contributed by atoms with Gasteiger partial charge in [0.25, 0.3) is 0 Å². The predicted octanol–water partition coefficient (Wildman–Crippen LogP) is 3.02. The zero-order valence-electron chi connectivity index (χ0n) is 8.20. The van der Waals surface area contributed by atoms with E-state index in [-0.39, 0.29) is 0 Å². The summed E-state index contributed by atoms with van der Waals surface area (Å²) in [5, 5.41) is 1.26. The van der Waals surface area contributed by atoms with Gasteiger partial charge in [-0.25, -0.2) is 0 Å². The Balaban J connectivity index is 2.67. The summed E-state index contributed by atoms with van der Waals surface area (Å²) in [6.07, 6.45) is 1.01. The number of fused-ring (bicyclic) bond motifs is 1. The molecule has 0 bridgehead atoms. The van der Waals surface area contributed by atoms with Crippen LogP contribution in [0.15, 0.2) is 30.3 Å². The topological polar surface area (TPSA) is 12.9 Å². The van der Waals surface area contributed by atoms with Crippen LogP contribution in [0, 0.1) is 6.92 Å². The molecule has 2 aromatic rings. The van der Waals surface area contributed by atoms with Crippen LogP contribution < -0.4 is 0 Å². The van der Waals surface area contributed by atoms with Crippen molar-refractivity contribution in [1.29, 1.82) is 0 Å². The number of thiol groups is 1. The summed E-state index contributed by atoms with van der Waals surface area (Å²) in [4.78, 5) is 4.49. The van der Waals surface area contributed by atoms with Gasteiger partial charge in [0, 0.05) is 11.1 Å². The van der Waals surface area contributed by atoms with Crippen LogP contribution in [0.2, 0.25) is 0 Å². The van der Waals surface area contributed by atoms with Crippen LogP contribution in [-0.2, 0) is 6.42 Å². The third-order valence-corrected chi connectivity index (χ3v) is 2.53. The second kappa shape index (κ2) is 4.01. The molecule has 72 valence electrons. The number of benzene rings is 1. The summed E-state index contributed by atoms with van der Waals surface area (Å²) in [5.74, 6) is 0.882. The van der Waals surface area contributed by atoms with E-state index in [2.05, 4.69) is 41.9 Å². The molecule has 0 fully saturated rings. The second-order valence-corrected chi connectivity index (χ2v) is 3.86. The number of pyridine rings is 1. The van der Waals surface area contributed by atoms with Crippen molar-refractivity contribution in [3.05, 3.63) is 41.6 Å². The van der Waals surface area contributed by atoms with Crippen molar-refractivity contribution in [2.45, 2.75) is 13.3 Å². The van der Waals surface area contributed by atoms with Crippen LogP contribution in [0.5, 0.6) is 0 Å². The highest BCUT2D eigenvalue weighted by atomic mass is 32.1. The average molecular weight is 203 g/mol. The van der Waals surface area contributed by atoms with Crippen molar-refractivity contribution in [1.82, 2.24) is 4.98 Å². The molecule has 0 atom stereocenters. The Morgan fingerprint density at radius 1 is 1.29 bits per heavy atom. The van der Waals surface area contributed by atoms with Gasteiger partial charge in [-0.05, 0) is 36.8 Å². The number of aromatic nitrogens is 1. The minimum absolute atomic E-state index is 0.882. The first-order valence-corrected chi connectivity index (χ1v) is 5.40. The molecule has 0 unspecified atom stereocenters. The first-order valence-electron chi connectivity index (χ1n) is 4.77. The molecule has 0 spiro atoms. The maximum absolute atomic E-state index is 4.49. The molecule has 0 aliphatic carbocycles. The summed E-state index contributed by atoms with van der Waals surface area (Å²) < 4.78 is 0. The van der Waals surface area contributed by atoms with E-state index in [4.69, 9.17) is 0 Å². The minimum Gasteiger partial charge on any atom is -0.253 e. The molecule has 14 heavy (non-hydrogen) atoms. The molecular formula is C12H13NS. The van der Waals surface area contributed by atoms with Crippen LogP contribution >= 0.6 is 12.6 Å². The number of hydrogen-bond acceptors (Lipinski definition) is 2. The zero-order chi connectivity index (χ0) is 9.97. The summed E-state index contributed by atoms with van der Waals surface area (Å²) in [5.41, 5.74) is 3.52. The first-order chi connectivity index (χ1) is 6.81. The second-order valence-electron chi connectivity index (χ2n) is 3.41. The molecule has 0 radical (unpaired) electrons. The number of rotatable bonds is 2. The Morgan fingerprint density at radius 3 is 2.86 bits per heavy atom. The number of aryl methyl sites for hydroxylation is 2. The van der Waals surface area contributed by atoms with Crippen LogP contribution in [0.1, 0.15) is 11.3 Å². The molecule has 0 aliphatic heterocycles. The lowest BCUT2D eigenvalue weighted by Gasteiger charge is -2.05. The van der Waals surface area contributed by atoms with Crippen molar-refractivity contribution >= 4 is 23.5 Å². The van der Waals surface area contributed by atoms with Crippen molar-refractivity contribution in [2.24, 2.45) is 0 Å². The van der Waals surface area contributed by atoms with Gasteiger partial charge in [0.15, 0.2) is 0 Å². The highest BCUT2D eigenvalue weighted by Gasteiger charge is 2.01. The Bertz CT molecular complexity index is 451. The maximum Gasteiger partial charge on any atom is 0.0707 e. The van der Waals surface area contributed by atoms with E-state index < -0.39 is 0 Å². The van der Waals surface area contributed by atoms with E-state index >= 15 is 0 Å². The Morgan fingerprint density at radius 2 is 2.07 bits per heavy atom. The molecular weight excluding hydrogens is 190 g/mol. The van der Waals surface area contributed by atoms with E-state index in [9.17, 15) is 0 Å². The Kier molecular flexibility index (Phi) is 2.73. The molecule has 0 saturated heterocycles. The Labute approximate surface area is 89.6 Å². The lowest BCUT2D eigenvalue weighted by Crippen LogP contribution is -1.92. The molecule has 1 nitrogen and oxygen atoms in total. The molecule has 0 amide bonds. The molecule has 2 rings (SSSR count). The SMILES string of the molecule is Cc1cc(CCS)c2ccccc2n1. The molecule has 0 N–H and O–H groups in total. The fraction of sp³-hybridized carbons (Fsp3) is 0.250. The molecule has 0 aliphatic rings. The predicted molar refractivity (Wildman–Crippen MR) is 64.0 cm³/mol. The summed E-state index contributed by atoms with van der Waals surface area (Å²) in [6.45, 7) is 2.04. The van der Waals surface area contributed by atoms with Gasteiger partial charge in [-0.2, -0.15) is 12.6 Å². The highest BCUT2D eigenvalue weighted by molar-refractivity contribution is 7.80. The van der Waals surface area contributed by atoms with E-state index in [1.807, 2.05) is 13.0 Å². The minimum atomic E-state index is 0.882. The fourth-order valence-corrected chi connectivity index (χ4v) is 1.96. The maximum atomic E-state index is 4.49. The molecule has 1 aromatic carbocycles. The van der Waals surface area contributed by atoms with E-state index in [1.54, 1.807) is 0 Å². The Hall–Kier alpha value is -1.02. The van der Waals surface area contributed by atoms with Gasteiger partial charge < -0.3 is 0 Å². The number of nitrogens with zero attached hydrogens (tertiary/aromatic N) is 1. The van der Waals surface area contributed by atoms with Gasteiger partial charge in [0.1, 0.15) is 0 Å². The quantitative estimate of drug-likeness (QED) is 0.740. The lowest BCUT2D eigenvalue weighted by molar-refractivity contribution is 1.14. The van der Waals surface area contributed by atoms with Gasteiger partial charge in [-0.3, -0.25) is 4.98 Å². The number of hydrogen-bond donors (Lipinski definition) is 1. The van der Waals surface area contributed by atoms with Crippen LogP contribution in [-0.4, -0.2) is 10.7 Å². The molecule has 0 saturated carbocycles. The molecule has 1 aromatic heterocycles. The van der Waals surface area contributed by atoms with Gasteiger partial charge >= 0.3 is 0 Å². The fourth-order valence-electron chi connectivity index (χ4n) is 1.72. The average Bonchev–Trinajstić information content (AvgIpc) is 2.18. The lowest BCUT2D eigenvalue weighted by atomic mass is 10.1. The van der Waals surface area contributed by atoms with Gasteiger partial charge in [0.05, 0.1) is 5.52 Å². The van der Waals surface area contributed by atoms with E-state index in [0.29, 0.717) is 0 Å². The van der Waals surface area contributed by atoms with Crippen molar-refractivity contribution in [3.8, 4) is 0 Å². The standard InChI is InChI=1S/C12H13NS/c1-9-8-10(6-7-14)11-4-2-3-5-12(11)13-9/h2-5,8,14H,6-7H2,1H3. The third kappa shape index (κ3) is 1.75. The van der Waals surface area contributed by atoms with E-state index in [1.165, 1.54) is 10.9 Å². The van der Waals surface area contributed by atoms with Crippen LogP contribution in [0.4, 0.5) is 0 Å². The normalized spacial score (nSPS) is 10.7. The smallest absolute Gasteiger partial charge is 0.0707 e. The van der Waals surface area contributed by atoms with Crippen LogP contribution in [0.25, 0.3) is 10.9 Å². The van der Waals surface area contributed by atoms with Crippen molar-refractivity contribution in [2.75, 3.05) is 5.75 Å². The highest BCUT2D eigenvalue weighted by Crippen LogP contribution is 2.18. The number of para-hydroxylation sites is 1. The summed E-state index contributed by atoms with van der Waals surface area (Å²) in [7, 11) is 0. The molecule has 2 heteroatoms. The molecule has 1 heterocycles.